The summed E-state index contributed by atoms with van der Waals surface area (Å²) < 4.78 is 0. The average Bonchev–Trinajstić information content (AvgIpc) is 2.08. The molecule has 0 saturated carbocycles. The van der Waals surface area contributed by atoms with Gasteiger partial charge >= 0.3 is 0 Å². The van der Waals surface area contributed by atoms with E-state index >= 15 is 0 Å². The molecular formula is C9H16N4O. The first-order chi connectivity index (χ1) is 6.49. The van der Waals surface area contributed by atoms with Crippen molar-refractivity contribution in [1.29, 1.82) is 0 Å². The number of amides is 1. The number of nitrogens with one attached hydrogen (secondary N) is 1. The third kappa shape index (κ3) is 1.77. The number of likely N-dealkylation sites (N-methyl/N-ethyl adjacent to an activating group) is 1. The van der Waals surface area contributed by atoms with Crippen molar-refractivity contribution in [3.05, 3.63) is 12.4 Å². The Morgan fingerprint density at radius 1 is 1.64 bits per heavy atom. The summed E-state index contributed by atoms with van der Waals surface area (Å²) in [5, 5.41) is 3.10. The smallest absolute Gasteiger partial charge is 0.264 e. The van der Waals surface area contributed by atoms with Crippen LogP contribution in [-0.2, 0) is 4.79 Å². The number of hydrogen-bond acceptors (Lipinski definition) is 4. The summed E-state index contributed by atoms with van der Waals surface area (Å²) >= 11 is 0. The number of primary amides is 1. The summed E-state index contributed by atoms with van der Waals surface area (Å²) in [7, 11) is 1.78. The molecule has 1 heterocycles. The molecule has 5 nitrogen and oxygen atoms in total. The van der Waals surface area contributed by atoms with Gasteiger partial charge in [0.15, 0.2) is 0 Å². The van der Waals surface area contributed by atoms with Crippen molar-refractivity contribution in [2.24, 2.45) is 10.7 Å². The first kappa shape index (κ1) is 10.7. The molecule has 1 unspecified atom stereocenters. The van der Waals surface area contributed by atoms with E-state index in [9.17, 15) is 4.79 Å². The fourth-order valence-electron chi connectivity index (χ4n) is 1.39. The van der Waals surface area contributed by atoms with Crippen LogP contribution in [0.1, 0.15) is 13.8 Å². The van der Waals surface area contributed by atoms with Gasteiger partial charge in [0, 0.05) is 25.5 Å². The number of nitrogens with two attached hydrogens (primary N) is 1. The summed E-state index contributed by atoms with van der Waals surface area (Å²) in [6.07, 6.45) is 4.85. The minimum absolute atomic E-state index is 0.142. The van der Waals surface area contributed by atoms with E-state index in [4.69, 9.17) is 5.73 Å². The van der Waals surface area contributed by atoms with Crippen LogP contribution in [0.25, 0.3) is 0 Å². The quantitative estimate of drug-likeness (QED) is 0.648. The molecule has 0 aromatic heterocycles. The number of carbonyl (C=O) groups is 1. The lowest BCUT2D eigenvalue weighted by Crippen LogP contribution is -2.67. The van der Waals surface area contributed by atoms with E-state index in [1.54, 1.807) is 24.3 Å². The largest absolute Gasteiger partial charge is 0.366 e. The predicted octanol–water partition coefficient (Wildman–Crippen LogP) is -0.347. The van der Waals surface area contributed by atoms with Crippen LogP contribution in [0.15, 0.2) is 17.4 Å². The second kappa shape index (κ2) is 3.79. The molecule has 0 aromatic rings. The molecular weight excluding hydrogens is 180 g/mol. The van der Waals surface area contributed by atoms with Crippen molar-refractivity contribution < 1.29 is 4.79 Å². The Hall–Kier alpha value is -1.36. The van der Waals surface area contributed by atoms with Crippen LogP contribution in [0.2, 0.25) is 0 Å². The maximum atomic E-state index is 11.4. The average molecular weight is 196 g/mol. The molecule has 0 saturated heterocycles. The van der Waals surface area contributed by atoms with Crippen molar-refractivity contribution in [3.8, 4) is 0 Å². The molecule has 3 N–H and O–H groups in total. The van der Waals surface area contributed by atoms with E-state index in [-0.39, 0.29) is 6.04 Å². The summed E-state index contributed by atoms with van der Waals surface area (Å²) in [5.41, 5.74) is 4.38. The standard InChI is InChI=1S/C9H16N4O/c1-7(2)12-9(8(10)14)6-11-4-5-13(9)3/h4-7,12H,1-3H3,(H2,10,14). The van der Waals surface area contributed by atoms with Gasteiger partial charge in [-0.25, -0.2) is 0 Å². The predicted molar refractivity (Wildman–Crippen MR) is 55.6 cm³/mol. The molecule has 14 heavy (non-hydrogen) atoms. The van der Waals surface area contributed by atoms with Crippen LogP contribution in [-0.4, -0.2) is 35.8 Å². The van der Waals surface area contributed by atoms with Gasteiger partial charge in [0.1, 0.15) is 0 Å². The second-order valence-corrected chi connectivity index (χ2v) is 3.62. The van der Waals surface area contributed by atoms with E-state index in [0.717, 1.165) is 0 Å². The molecule has 0 aromatic carbocycles. The van der Waals surface area contributed by atoms with Gasteiger partial charge in [-0.1, -0.05) is 0 Å². The third-order valence-electron chi connectivity index (χ3n) is 2.08. The highest BCUT2D eigenvalue weighted by molar-refractivity contribution is 6.02. The fraction of sp³-hybridized carbons (Fsp3) is 0.556. The molecule has 0 bridgehead atoms. The zero-order valence-corrected chi connectivity index (χ0v) is 8.69. The number of aliphatic imine (C=N–C) groups is 1. The highest BCUT2D eigenvalue weighted by atomic mass is 16.2. The fourth-order valence-corrected chi connectivity index (χ4v) is 1.39. The lowest BCUT2D eigenvalue weighted by atomic mass is 10.1. The number of carbonyl (C=O) groups excluding carboxylic acids is 1. The zero-order chi connectivity index (χ0) is 10.8. The molecule has 1 rings (SSSR count). The van der Waals surface area contributed by atoms with Crippen molar-refractivity contribution in [2.75, 3.05) is 7.05 Å². The Morgan fingerprint density at radius 3 is 2.71 bits per heavy atom. The highest BCUT2D eigenvalue weighted by Crippen LogP contribution is 2.13. The molecule has 0 radical (unpaired) electrons. The Balaban J connectivity index is 2.98. The zero-order valence-electron chi connectivity index (χ0n) is 8.69. The Bertz CT molecular complexity index is 285. The van der Waals surface area contributed by atoms with Crippen LogP contribution in [0.4, 0.5) is 0 Å². The van der Waals surface area contributed by atoms with Crippen LogP contribution in [0, 0.1) is 0 Å². The van der Waals surface area contributed by atoms with Gasteiger partial charge in [-0.05, 0) is 13.8 Å². The first-order valence-electron chi connectivity index (χ1n) is 4.50. The van der Waals surface area contributed by atoms with Crippen molar-refractivity contribution >= 4 is 12.1 Å². The van der Waals surface area contributed by atoms with E-state index in [1.165, 1.54) is 6.21 Å². The first-order valence-corrected chi connectivity index (χ1v) is 4.50. The number of hydrogen-bond donors (Lipinski definition) is 2. The van der Waals surface area contributed by atoms with Crippen LogP contribution >= 0.6 is 0 Å². The van der Waals surface area contributed by atoms with Gasteiger partial charge in [0.25, 0.3) is 5.91 Å². The number of rotatable bonds is 3. The lowest BCUT2D eigenvalue weighted by molar-refractivity contribution is -0.126. The van der Waals surface area contributed by atoms with Gasteiger partial charge in [0.05, 0.1) is 6.21 Å². The minimum atomic E-state index is -0.997. The van der Waals surface area contributed by atoms with E-state index in [0.29, 0.717) is 0 Å². The van der Waals surface area contributed by atoms with Crippen molar-refractivity contribution in [2.45, 2.75) is 25.6 Å². The Labute approximate surface area is 83.7 Å². The molecule has 0 fully saturated rings. The van der Waals surface area contributed by atoms with E-state index in [2.05, 4.69) is 10.3 Å². The maximum absolute atomic E-state index is 11.4. The maximum Gasteiger partial charge on any atom is 0.264 e. The van der Waals surface area contributed by atoms with Gasteiger partial charge in [-0.2, -0.15) is 0 Å². The van der Waals surface area contributed by atoms with Crippen molar-refractivity contribution in [1.82, 2.24) is 10.2 Å². The molecule has 1 aliphatic rings. The van der Waals surface area contributed by atoms with Crippen LogP contribution in [0.3, 0.4) is 0 Å². The molecule has 1 amide bonds. The molecule has 1 aliphatic heterocycles. The van der Waals surface area contributed by atoms with Gasteiger partial charge in [0.2, 0.25) is 5.66 Å². The lowest BCUT2D eigenvalue weighted by Gasteiger charge is -2.38. The highest BCUT2D eigenvalue weighted by Gasteiger charge is 2.39. The Kier molecular flexibility index (Phi) is 2.90. The van der Waals surface area contributed by atoms with Gasteiger partial charge < -0.3 is 10.6 Å². The Morgan fingerprint density at radius 2 is 2.29 bits per heavy atom. The van der Waals surface area contributed by atoms with E-state index in [1.807, 2.05) is 13.8 Å². The molecule has 1 atom stereocenters. The molecule has 5 heteroatoms. The summed E-state index contributed by atoms with van der Waals surface area (Å²) in [6.45, 7) is 3.90. The summed E-state index contributed by atoms with van der Waals surface area (Å²) in [5.74, 6) is -0.457. The molecule has 0 aliphatic carbocycles. The number of nitrogens with zero attached hydrogens (tertiary/aromatic N) is 2. The summed E-state index contributed by atoms with van der Waals surface area (Å²) in [6, 6.07) is 0.142. The monoisotopic (exact) mass is 196 g/mol. The third-order valence-corrected chi connectivity index (χ3v) is 2.08. The normalized spacial score (nSPS) is 25.9. The topological polar surface area (TPSA) is 70.7 Å². The van der Waals surface area contributed by atoms with Gasteiger partial charge in [-0.15, -0.1) is 0 Å². The minimum Gasteiger partial charge on any atom is -0.366 e. The summed E-state index contributed by atoms with van der Waals surface area (Å²) in [4.78, 5) is 17.1. The second-order valence-electron chi connectivity index (χ2n) is 3.62. The molecule has 78 valence electrons. The van der Waals surface area contributed by atoms with Crippen LogP contribution in [0.5, 0.6) is 0 Å². The van der Waals surface area contributed by atoms with Gasteiger partial charge in [-0.3, -0.25) is 15.1 Å². The molecule has 0 spiro atoms. The SMILES string of the molecule is CC(C)NC1(C(N)=O)C=NC=CN1C. The van der Waals surface area contributed by atoms with E-state index < -0.39 is 11.6 Å². The van der Waals surface area contributed by atoms with Crippen LogP contribution < -0.4 is 11.1 Å². The van der Waals surface area contributed by atoms with Crippen molar-refractivity contribution in [3.63, 3.8) is 0 Å².